The number of aryl methyl sites for hydroxylation is 1. The molecule has 0 unspecified atom stereocenters. The zero-order chi connectivity index (χ0) is 17.0. The molecule has 0 N–H and O–H groups in total. The normalized spacial score (nSPS) is 11.5. The number of benzene rings is 1. The van der Waals surface area contributed by atoms with E-state index >= 15 is 0 Å². The second-order valence-corrected chi connectivity index (χ2v) is 5.46. The molecule has 1 aromatic heterocycles. The maximum Gasteiger partial charge on any atom is 0.485 e. The topological polar surface area (TPSA) is 75.2 Å². The number of halogens is 3. The third-order valence-electron chi connectivity index (χ3n) is 2.42. The first-order chi connectivity index (χ1) is 10.0. The molecule has 0 atom stereocenters. The van der Waals surface area contributed by atoms with E-state index in [0.717, 1.165) is 11.4 Å². The minimum atomic E-state index is -6.09. The highest BCUT2D eigenvalue weighted by atomic mass is 32.2. The molecule has 1 heterocycles. The van der Waals surface area contributed by atoms with Crippen LogP contribution in [0.1, 0.15) is 0 Å². The van der Waals surface area contributed by atoms with E-state index in [1.54, 1.807) is 7.11 Å². The van der Waals surface area contributed by atoms with Gasteiger partial charge in [0.05, 0.1) is 14.2 Å². The number of imidazole rings is 1. The SMILES string of the molecule is COc1ccc(-n2cc[n+](C)c2)cc1.O=S(=O)([O-])C(F)(F)F. The summed E-state index contributed by atoms with van der Waals surface area (Å²) in [6.45, 7) is 0. The van der Waals surface area contributed by atoms with Gasteiger partial charge in [-0.15, -0.1) is 0 Å². The van der Waals surface area contributed by atoms with Crippen LogP contribution in [0.3, 0.4) is 0 Å². The minimum Gasteiger partial charge on any atom is -0.741 e. The Morgan fingerprint density at radius 3 is 2.05 bits per heavy atom. The molecule has 22 heavy (non-hydrogen) atoms. The molecule has 0 radical (unpaired) electrons. The first-order valence-electron chi connectivity index (χ1n) is 5.74. The summed E-state index contributed by atoms with van der Waals surface area (Å²) in [5.41, 5.74) is -4.51. The molecule has 0 aliphatic heterocycles. The second kappa shape index (κ2) is 6.79. The van der Waals surface area contributed by atoms with Crippen molar-refractivity contribution in [1.82, 2.24) is 4.57 Å². The van der Waals surface area contributed by atoms with E-state index in [-0.39, 0.29) is 0 Å². The molecular weight excluding hydrogens is 325 g/mol. The molecule has 2 rings (SSSR count). The van der Waals surface area contributed by atoms with E-state index in [4.69, 9.17) is 17.7 Å². The van der Waals surface area contributed by atoms with E-state index in [2.05, 4.69) is 4.57 Å². The quantitative estimate of drug-likeness (QED) is 0.471. The summed E-state index contributed by atoms with van der Waals surface area (Å²) >= 11 is 0. The van der Waals surface area contributed by atoms with Crippen molar-refractivity contribution < 1.29 is 35.4 Å². The molecule has 0 fully saturated rings. The first-order valence-corrected chi connectivity index (χ1v) is 7.15. The summed E-state index contributed by atoms with van der Waals surface area (Å²) in [4.78, 5) is 0. The third-order valence-corrected chi connectivity index (χ3v) is 2.99. The number of nitrogens with zero attached hydrogens (tertiary/aromatic N) is 2. The lowest BCUT2D eigenvalue weighted by Crippen LogP contribution is -2.23. The van der Waals surface area contributed by atoms with E-state index in [1.807, 2.05) is 54.6 Å². The Bertz CT molecular complexity index is 709. The number of aromatic nitrogens is 2. The molecule has 122 valence electrons. The molecule has 6 nitrogen and oxygen atoms in total. The maximum absolute atomic E-state index is 10.7. The lowest BCUT2D eigenvalue weighted by molar-refractivity contribution is -0.670. The zero-order valence-electron chi connectivity index (χ0n) is 11.6. The van der Waals surface area contributed by atoms with Crippen molar-refractivity contribution in [2.75, 3.05) is 7.11 Å². The molecule has 1 aromatic carbocycles. The fraction of sp³-hybridized carbons (Fsp3) is 0.250. The van der Waals surface area contributed by atoms with Gasteiger partial charge in [-0.25, -0.2) is 17.6 Å². The van der Waals surface area contributed by atoms with Crippen molar-refractivity contribution >= 4 is 10.1 Å². The summed E-state index contributed by atoms with van der Waals surface area (Å²) in [5.74, 6) is 0.880. The molecule has 0 spiro atoms. The lowest BCUT2D eigenvalue weighted by Gasteiger charge is -2.08. The average Bonchev–Trinajstić information content (AvgIpc) is 2.84. The Kier molecular flexibility index (Phi) is 5.55. The van der Waals surface area contributed by atoms with Gasteiger partial charge < -0.3 is 9.29 Å². The van der Waals surface area contributed by atoms with E-state index in [0.29, 0.717) is 0 Å². The molecule has 0 aliphatic carbocycles. The van der Waals surface area contributed by atoms with Gasteiger partial charge in [0, 0.05) is 0 Å². The van der Waals surface area contributed by atoms with E-state index in [1.165, 1.54) is 0 Å². The zero-order valence-corrected chi connectivity index (χ0v) is 12.4. The third kappa shape index (κ3) is 5.04. The van der Waals surface area contributed by atoms with Crippen LogP contribution < -0.4 is 9.30 Å². The molecule has 0 amide bonds. The van der Waals surface area contributed by atoms with Crippen LogP contribution in [0.5, 0.6) is 5.75 Å². The number of ether oxygens (including phenoxy) is 1. The fourth-order valence-corrected chi connectivity index (χ4v) is 1.36. The minimum absolute atomic E-state index is 0.880. The van der Waals surface area contributed by atoms with Crippen LogP contribution in [0.4, 0.5) is 13.2 Å². The number of hydrogen-bond acceptors (Lipinski definition) is 4. The number of methoxy groups -OCH3 is 1. The Morgan fingerprint density at radius 2 is 1.73 bits per heavy atom. The van der Waals surface area contributed by atoms with Crippen molar-refractivity contribution in [3.05, 3.63) is 43.0 Å². The van der Waals surface area contributed by atoms with Gasteiger partial charge in [0.15, 0.2) is 10.1 Å². The maximum atomic E-state index is 10.7. The van der Waals surface area contributed by atoms with Gasteiger partial charge in [-0.1, -0.05) is 0 Å². The van der Waals surface area contributed by atoms with Crippen LogP contribution >= 0.6 is 0 Å². The fourth-order valence-electron chi connectivity index (χ4n) is 1.36. The Morgan fingerprint density at radius 1 is 1.23 bits per heavy atom. The van der Waals surface area contributed by atoms with Gasteiger partial charge in [-0.2, -0.15) is 13.2 Å². The Balaban J connectivity index is 0.000000261. The summed E-state index contributed by atoms with van der Waals surface area (Å²) in [7, 11) is -2.42. The molecule has 0 aliphatic rings. The highest BCUT2D eigenvalue weighted by Crippen LogP contribution is 2.20. The van der Waals surface area contributed by atoms with E-state index < -0.39 is 15.6 Å². The molecule has 10 heteroatoms. The van der Waals surface area contributed by atoms with Crippen LogP contribution in [0.25, 0.3) is 5.69 Å². The summed E-state index contributed by atoms with van der Waals surface area (Å²) in [5, 5.41) is 0. The summed E-state index contributed by atoms with van der Waals surface area (Å²) in [6, 6.07) is 7.96. The van der Waals surface area contributed by atoms with Gasteiger partial charge in [0.2, 0.25) is 6.33 Å². The van der Waals surface area contributed by atoms with Gasteiger partial charge in [0.1, 0.15) is 23.8 Å². The van der Waals surface area contributed by atoms with Crippen LogP contribution in [-0.2, 0) is 17.2 Å². The van der Waals surface area contributed by atoms with Crippen molar-refractivity contribution in [3.63, 3.8) is 0 Å². The Hall–Kier alpha value is -2.07. The predicted octanol–water partition coefficient (Wildman–Crippen LogP) is 1.36. The monoisotopic (exact) mass is 338 g/mol. The van der Waals surface area contributed by atoms with Crippen LogP contribution in [0, 0.1) is 0 Å². The van der Waals surface area contributed by atoms with E-state index in [9.17, 15) is 13.2 Å². The van der Waals surface area contributed by atoms with Crippen molar-refractivity contribution in [2.24, 2.45) is 7.05 Å². The van der Waals surface area contributed by atoms with Gasteiger partial charge >= 0.3 is 5.51 Å². The lowest BCUT2D eigenvalue weighted by atomic mass is 10.3. The standard InChI is InChI=1S/C11H13N2O.CHF3O3S/c1-12-7-8-13(9-12)10-3-5-11(14-2)6-4-10;2-1(3,4)8(5,6)7/h3-9H,1-2H3;(H,5,6,7)/q+1;/p-1. The molecule has 0 saturated carbocycles. The largest absolute Gasteiger partial charge is 0.741 e. The molecule has 0 saturated heterocycles. The molecule has 2 aromatic rings. The molecule has 0 bridgehead atoms. The summed E-state index contributed by atoms with van der Waals surface area (Å²) in [6.07, 6.45) is 6.04. The number of hydrogen-bond donors (Lipinski definition) is 0. The Labute approximate surface area is 125 Å². The van der Waals surface area contributed by atoms with Gasteiger partial charge in [-0.05, 0) is 24.3 Å². The summed E-state index contributed by atoms with van der Waals surface area (Å²) < 4.78 is 68.1. The van der Waals surface area contributed by atoms with Gasteiger partial charge in [-0.3, -0.25) is 0 Å². The van der Waals surface area contributed by atoms with Crippen LogP contribution in [-0.4, -0.2) is 30.2 Å². The predicted molar refractivity (Wildman–Crippen MR) is 69.2 cm³/mol. The van der Waals surface area contributed by atoms with Crippen molar-refractivity contribution in [1.29, 1.82) is 0 Å². The highest BCUT2D eigenvalue weighted by molar-refractivity contribution is 7.86. The highest BCUT2D eigenvalue weighted by Gasteiger charge is 2.36. The van der Waals surface area contributed by atoms with Crippen molar-refractivity contribution in [3.8, 4) is 11.4 Å². The average molecular weight is 338 g/mol. The smallest absolute Gasteiger partial charge is 0.485 e. The molecular formula is C12H13F3N2O4S. The van der Waals surface area contributed by atoms with Crippen LogP contribution in [0.2, 0.25) is 0 Å². The number of alkyl halides is 3. The second-order valence-electron chi connectivity index (χ2n) is 4.08. The van der Waals surface area contributed by atoms with Crippen molar-refractivity contribution in [2.45, 2.75) is 5.51 Å². The number of rotatable bonds is 2. The van der Waals surface area contributed by atoms with Gasteiger partial charge in [0.25, 0.3) is 0 Å². The first kappa shape index (κ1) is 18.0. The van der Waals surface area contributed by atoms with Crippen LogP contribution in [0.15, 0.2) is 43.0 Å².